The normalized spacial score (nSPS) is 11.5. The molecule has 0 unspecified atom stereocenters. The Kier molecular flexibility index (Phi) is 6.90. The van der Waals surface area contributed by atoms with E-state index in [4.69, 9.17) is 4.42 Å². The number of furan rings is 1. The third-order valence-corrected chi connectivity index (χ3v) is 3.74. The van der Waals surface area contributed by atoms with E-state index in [0.29, 0.717) is 11.3 Å². The maximum atomic E-state index is 12.2. The quantitative estimate of drug-likeness (QED) is 0.567. The highest BCUT2D eigenvalue weighted by Crippen LogP contribution is 2.36. The number of nitrogens with one attached hydrogen (secondary N) is 2. The van der Waals surface area contributed by atoms with Crippen molar-refractivity contribution in [2.24, 2.45) is 0 Å². The highest BCUT2D eigenvalue weighted by molar-refractivity contribution is 8.00. The van der Waals surface area contributed by atoms with E-state index in [1.54, 1.807) is 12.1 Å². The van der Waals surface area contributed by atoms with Crippen molar-refractivity contribution in [1.82, 2.24) is 10.6 Å². The summed E-state index contributed by atoms with van der Waals surface area (Å²) in [6.07, 6.45) is 4.13. The van der Waals surface area contributed by atoms with Crippen LogP contribution >= 0.6 is 11.8 Å². The number of carbonyl (C=O) groups is 2. The SMILES string of the molecule is O=C(/C=C/c1ccc(SC(F)(F)F)cc1)NCC(=O)NCc1ccco1. The zero-order valence-electron chi connectivity index (χ0n) is 13.4. The molecule has 0 aliphatic carbocycles. The van der Waals surface area contributed by atoms with Gasteiger partial charge < -0.3 is 15.1 Å². The minimum Gasteiger partial charge on any atom is -0.467 e. The molecule has 1 aromatic carbocycles. The Balaban J connectivity index is 1.73. The lowest BCUT2D eigenvalue weighted by Crippen LogP contribution is -2.35. The summed E-state index contributed by atoms with van der Waals surface area (Å²) in [5.41, 5.74) is -3.77. The standard InChI is InChI=1S/C17H15F3N2O3S/c18-17(19,20)26-14-6-3-12(4-7-14)5-8-15(23)22-11-16(24)21-10-13-2-1-9-25-13/h1-9H,10-11H2,(H,21,24)(H,22,23)/b8-5+. The molecule has 2 amide bonds. The number of benzene rings is 1. The van der Waals surface area contributed by atoms with E-state index in [-0.39, 0.29) is 35.7 Å². The second-order valence-electron chi connectivity index (χ2n) is 5.02. The van der Waals surface area contributed by atoms with Gasteiger partial charge in [0.05, 0.1) is 19.4 Å². The first-order chi connectivity index (χ1) is 12.3. The Bertz CT molecular complexity index is 757. The Morgan fingerprint density at radius 3 is 2.46 bits per heavy atom. The molecule has 0 saturated carbocycles. The molecule has 0 bridgehead atoms. The second kappa shape index (κ2) is 9.14. The summed E-state index contributed by atoms with van der Waals surface area (Å²) in [5.74, 6) is -0.278. The molecule has 9 heteroatoms. The van der Waals surface area contributed by atoms with Gasteiger partial charge in [-0.25, -0.2) is 0 Å². The first kappa shape index (κ1) is 19.6. The van der Waals surface area contributed by atoms with Gasteiger partial charge in [-0.1, -0.05) is 12.1 Å². The molecular formula is C17H15F3N2O3S. The number of carbonyl (C=O) groups excluding carboxylic acids is 2. The maximum absolute atomic E-state index is 12.2. The summed E-state index contributed by atoms with van der Waals surface area (Å²) in [7, 11) is 0. The maximum Gasteiger partial charge on any atom is 0.446 e. The monoisotopic (exact) mass is 384 g/mol. The molecule has 0 atom stereocenters. The van der Waals surface area contributed by atoms with Gasteiger partial charge >= 0.3 is 5.51 Å². The van der Waals surface area contributed by atoms with E-state index >= 15 is 0 Å². The van der Waals surface area contributed by atoms with Gasteiger partial charge in [0.15, 0.2) is 0 Å². The van der Waals surface area contributed by atoms with Crippen molar-refractivity contribution < 1.29 is 27.2 Å². The summed E-state index contributed by atoms with van der Waals surface area (Å²) in [4.78, 5) is 23.3. The van der Waals surface area contributed by atoms with E-state index < -0.39 is 11.4 Å². The summed E-state index contributed by atoms with van der Waals surface area (Å²) >= 11 is -0.206. The summed E-state index contributed by atoms with van der Waals surface area (Å²) in [6, 6.07) is 8.97. The first-order valence-electron chi connectivity index (χ1n) is 7.42. The van der Waals surface area contributed by atoms with E-state index in [2.05, 4.69) is 10.6 Å². The van der Waals surface area contributed by atoms with Crippen LogP contribution in [0.15, 0.2) is 58.1 Å². The topological polar surface area (TPSA) is 71.3 Å². The van der Waals surface area contributed by atoms with Crippen LogP contribution < -0.4 is 10.6 Å². The van der Waals surface area contributed by atoms with Crippen LogP contribution in [0.4, 0.5) is 13.2 Å². The van der Waals surface area contributed by atoms with Gasteiger partial charge in [0, 0.05) is 11.0 Å². The molecule has 2 rings (SSSR count). The van der Waals surface area contributed by atoms with Crippen LogP contribution in [0.25, 0.3) is 6.08 Å². The number of alkyl halides is 3. The first-order valence-corrected chi connectivity index (χ1v) is 8.24. The molecule has 1 heterocycles. The summed E-state index contributed by atoms with van der Waals surface area (Å²) in [5, 5.41) is 4.98. The Morgan fingerprint density at radius 2 is 1.85 bits per heavy atom. The third kappa shape index (κ3) is 7.47. The highest BCUT2D eigenvalue weighted by atomic mass is 32.2. The van der Waals surface area contributed by atoms with Crippen molar-refractivity contribution in [3.63, 3.8) is 0 Å². The van der Waals surface area contributed by atoms with Crippen LogP contribution in [-0.4, -0.2) is 23.9 Å². The zero-order valence-corrected chi connectivity index (χ0v) is 14.2. The molecule has 0 radical (unpaired) electrons. The van der Waals surface area contributed by atoms with Crippen molar-refractivity contribution in [1.29, 1.82) is 0 Å². The number of halogens is 3. The van der Waals surface area contributed by atoms with Crippen molar-refractivity contribution in [3.05, 3.63) is 60.1 Å². The summed E-state index contributed by atoms with van der Waals surface area (Å²) in [6.45, 7) is 0.0187. The molecule has 0 spiro atoms. The smallest absolute Gasteiger partial charge is 0.446 e. The van der Waals surface area contributed by atoms with Crippen LogP contribution in [0.5, 0.6) is 0 Å². The van der Waals surface area contributed by atoms with Crippen LogP contribution in [0, 0.1) is 0 Å². The van der Waals surface area contributed by atoms with Crippen LogP contribution in [0.1, 0.15) is 11.3 Å². The zero-order chi connectivity index (χ0) is 19.0. The van der Waals surface area contributed by atoms with Gasteiger partial charge in [-0.05, 0) is 47.7 Å². The van der Waals surface area contributed by atoms with Gasteiger partial charge in [0.2, 0.25) is 11.8 Å². The summed E-state index contributed by atoms with van der Waals surface area (Å²) < 4.78 is 41.8. The molecule has 0 aliphatic rings. The molecule has 2 N–H and O–H groups in total. The Hall–Kier alpha value is -2.68. The number of thioether (sulfide) groups is 1. The Labute approximate surface area is 151 Å². The van der Waals surface area contributed by atoms with Crippen molar-refractivity contribution >= 4 is 29.7 Å². The minimum atomic E-state index is -4.34. The predicted molar refractivity (Wildman–Crippen MR) is 91.0 cm³/mol. The molecule has 2 aromatic rings. The highest BCUT2D eigenvalue weighted by Gasteiger charge is 2.28. The van der Waals surface area contributed by atoms with Gasteiger partial charge in [0.1, 0.15) is 5.76 Å². The fourth-order valence-corrected chi connectivity index (χ4v) is 2.38. The van der Waals surface area contributed by atoms with Crippen molar-refractivity contribution in [3.8, 4) is 0 Å². The number of rotatable bonds is 7. The fraction of sp³-hybridized carbons (Fsp3) is 0.176. The van der Waals surface area contributed by atoms with Crippen LogP contribution in [0.2, 0.25) is 0 Å². The van der Waals surface area contributed by atoms with Gasteiger partial charge in [0.25, 0.3) is 0 Å². The average Bonchev–Trinajstić information content (AvgIpc) is 3.09. The van der Waals surface area contributed by atoms with Gasteiger partial charge in [-0.15, -0.1) is 0 Å². The Morgan fingerprint density at radius 1 is 1.12 bits per heavy atom. The molecule has 0 fully saturated rings. The fourth-order valence-electron chi connectivity index (χ4n) is 1.84. The number of amides is 2. The minimum absolute atomic E-state index is 0.0623. The third-order valence-electron chi connectivity index (χ3n) is 3.00. The molecule has 138 valence electrons. The van der Waals surface area contributed by atoms with Gasteiger partial charge in [-0.2, -0.15) is 13.2 Å². The second-order valence-corrected chi connectivity index (χ2v) is 6.16. The number of hydrogen-bond donors (Lipinski definition) is 2. The van der Waals surface area contributed by atoms with Gasteiger partial charge in [-0.3, -0.25) is 9.59 Å². The predicted octanol–water partition coefficient (Wildman–Crippen LogP) is 3.34. The molecule has 1 aromatic heterocycles. The van der Waals surface area contributed by atoms with E-state index in [0.717, 1.165) is 0 Å². The van der Waals surface area contributed by atoms with E-state index in [1.807, 2.05) is 0 Å². The number of hydrogen-bond acceptors (Lipinski definition) is 4. The molecule has 5 nitrogen and oxygen atoms in total. The lowest BCUT2D eigenvalue weighted by Gasteiger charge is -2.05. The largest absolute Gasteiger partial charge is 0.467 e. The van der Waals surface area contributed by atoms with Crippen LogP contribution in [-0.2, 0) is 16.1 Å². The molecule has 0 saturated heterocycles. The lowest BCUT2D eigenvalue weighted by atomic mass is 10.2. The van der Waals surface area contributed by atoms with E-state index in [9.17, 15) is 22.8 Å². The van der Waals surface area contributed by atoms with E-state index in [1.165, 1.54) is 42.7 Å². The molecule has 0 aliphatic heterocycles. The average molecular weight is 384 g/mol. The molecule has 26 heavy (non-hydrogen) atoms. The molecular weight excluding hydrogens is 369 g/mol. The van der Waals surface area contributed by atoms with Crippen LogP contribution in [0.3, 0.4) is 0 Å². The van der Waals surface area contributed by atoms with Crippen molar-refractivity contribution in [2.75, 3.05) is 6.54 Å². The van der Waals surface area contributed by atoms with Crippen molar-refractivity contribution in [2.45, 2.75) is 16.9 Å². The lowest BCUT2D eigenvalue weighted by molar-refractivity contribution is -0.124.